The maximum Gasteiger partial charge on any atom is 0.216 e. The van der Waals surface area contributed by atoms with Gasteiger partial charge in [-0.1, -0.05) is 0 Å². The van der Waals surface area contributed by atoms with Crippen molar-refractivity contribution >= 4 is 10.0 Å². The summed E-state index contributed by atoms with van der Waals surface area (Å²) in [5, 5.41) is 0. The Morgan fingerprint density at radius 1 is 1.27 bits per heavy atom. The predicted molar refractivity (Wildman–Crippen MR) is 61.2 cm³/mol. The second-order valence-electron chi connectivity index (χ2n) is 4.26. The highest BCUT2D eigenvalue weighted by molar-refractivity contribution is 7.90. The van der Waals surface area contributed by atoms with Gasteiger partial charge >= 0.3 is 0 Å². The Morgan fingerprint density at radius 3 is 2.33 bits per heavy atom. The van der Waals surface area contributed by atoms with E-state index in [-0.39, 0.29) is 0 Å². The summed E-state index contributed by atoms with van der Waals surface area (Å²) in [7, 11) is -3.22. The fraction of sp³-hybridized carbons (Fsp3) is 1.00. The van der Waals surface area contributed by atoms with Crippen molar-refractivity contribution in [1.29, 1.82) is 0 Å². The van der Waals surface area contributed by atoms with Crippen molar-refractivity contribution < 1.29 is 13.2 Å². The van der Waals surface area contributed by atoms with Gasteiger partial charge in [0.1, 0.15) is 0 Å². The summed E-state index contributed by atoms with van der Waals surface area (Å²) in [6.07, 6.45) is 0.662. The Labute approximate surface area is 92.4 Å². The fourth-order valence-corrected chi connectivity index (χ4v) is 1.63. The Kier molecular flexibility index (Phi) is 6.35. The minimum atomic E-state index is -3.22. The first kappa shape index (κ1) is 14.8. The molecule has 0 fully saturated rings. The molecule has 5 nitrogen and oxygen atoms in total. The molecule has 0 aliphatic carbocycles. The largest absolute Gasteiger partial charge is 0.380 e. The monoisotopic (exact) mass is 238 g/mol. The van der Waals surface area contributed by atoms with Crippen LogP contribution in [0.25, 0.3) is 0 Å². The smallest absolute Gasteiger partial charge is 0.216 e. The molecule has 0 aliphatic rings. The molecule has 0 saturated heterocycles. The van der Waals surface area contributed by atoms with Gasteiger partial charge in [0.05, 0.1) is 11.4 Å². The van der Waals surface area contributed by atoms with Crippen molar-refractivity contribution in [3.8, 4) is 0 Å². The van der Waals surface area contributed by atoms with Gasteiger partial charge in [-0.25, -0.2) is 13.1 Å². The van der Waals surface area contributed by atoms with Crippen LogP contribution in [0.5, 0.6) is 0 Å². The zero-order chi connectivity index (χ0) is 11.9. The quantitative estimate of drug-likeness (QED) is 0.615. The Hall–Kier alpha value is -0.170. The van der Waals surface area contributed by atoms with Crippen molar-refractivity contribution in [2.75, 3.05) is 26.3 Å². The SMILES string of the molecule is CC(C)(C)S(=O)(=O)NCCCOCCN. The van der Waals surface area contributed by atoms with Gasteiger partial charge in [-0.05, 0) is 27.2 Å². The van der Waals surface area contributed by atoms with Crippen LogP contribution in [-0.4, -0.2) is 39.5 Å². The lowest BCUT2D eigenvalue weighted by molar-refractivity contribution is 0.140. The number of sulfonamides is 1. The van der Waals surface area contributed by atoms with E-state index < -0.39 is 14.8 Å². The lowest BCUT2D eigenvalue weighted by Crippen LogP contribution is -2.40. The minimum absolute atomic E-state index is 0.407. The molecule has 0 amide bonds. The van der Waals surface area contributed by atoms with Gasteiger partial charge in [0.25, 0.3) is 0 Å². The minimum Gasteiger partial charge on any atom is -0.380 e. The molecule has 0 atom stereocenters. The summed E-state index contributed by atoms with van der Waals surface area (Å²) in [4.78, 5) is 0. The van der Waals surface area contributed by atoms with Gasteiger partial charge in [0.15, 0.2) is 0 Å². The lowest BCUT2D eigenvalue weighted by Gasteiger charge is -2.19. The maximum absolute atomic E-state index is 11.6. The summed E-state index contributed by atoms with van der Waals surface area (Å²) < 4.78 is 30.0. The van der Waals surface area contributed by atoms with Crippen molar-refractivity contribution in [1.82, 2.24) is 4.72 Å². The Bertz CT molecular complexity index is 257. The first-order valence-corrected chi connectivity index (χ1v) is 6.56. The van der Waals surface area contributed by atoms with Crippen LogP contribution in [0.15, 0.2) is 0 Å². The predicted octanol–water partition coefficient (Wildman–Crippen LogP) is 0.0697. The molecule has 3 N–H and O–H groups in total. The van der Waals surface area contributed by atoms with Crippen LogP contribution in [0.1, 0.15) is 27.2 Å². The molecular formula is C9H22N2O3S. The van der Waals surface area contributed by atoms with E-state index in [1.165, 1.54) is 0 Å². The molecule has 0 radical (unpaired) electrons. The van der Waals surface area contributed by atoms with E-state index in [0.29, 0.717) is 32.7 Å². The Balaban J connectivity index is 3.69. The number of rotatable bonds is 7. The summed E-state index contributed by atoms with van der Waals surface area (Å²) in [6.45, 7) is 6.95. The zero-order valence-corrected chi connectivity index (χ0v) is 10.6. The highest BCUT2D eigenvalue weighted by atomic mass is 32.2. The van der Waals surface area contributed by atoms with E-state index in [0.717, 1.165) is 0 Å². The molecule has 0 saturated carbocycles. The fourth-order valence-electron chi connectivity index (χ4n) is 0.783. The van der Waals surface area contributed by atoms with Gasteiger partial charge in [0.2, 0.25) is 10.0 Å². The molecule has 0 spiro atoms. The van der Waals surface area contributed by atoms with Gasteiger partial charge < -0.3 is 10.5 Å². The number of ether oxygens (including phenoxy) is 1. The van der Waals surface area contributed by atoms with Gasteiger partial charge in [-0.15, -0.1) is 0 Å². The molecule has 0 unspecified atom stereocenters. The van der Waals surface area contributed by atoms with Gasteiger partial charge in [-0.3, -0.25) is 0 Å². The van der Waals surface area contributed by atoms with Gasteiger partial charge in [-0.2, -0.15) is 0 Å². The van der Waals surface area contributed by atoms with E-state index in [1.54, 1.807) is 20.8 Å². The van der Waals surface area contributed by atoms with Crippen LogP contribution < -0.4 is 10.5 Å². The van der Waals surface area contributed by atoms with Crippen molar-refractivity contribution in [3.63, 3.8) is 0 Å². The number of nitrogens with one attached hydrogen (secondary N) is 1. The normalized spacial score (nSPS) is 13.1. The third kappa shape index (κ3) is 6.09. The van der Waals surface area contributed by atoms with Crippen LogP contribution in [0.4, 0.5) is 0 Å². The number of nitrogens with two attached hydrogens (primary N) is 1. The highest BCUT2D eigenvalue weighted by Crippen LogP contribution is 2.12. The van der Waals surface area contributed by atoms with Crippen LogP contribution in [-0.2, 0) is 14.8 Å². The topological polar surface area (TPSA) is 81.4 Å². The molecule has 6 heteroatoms. The summed E-state index contributed by atoms with van der Waals surface area (Å²) in [5.41, 5.74) is 5.23. The summed E-state index contributed by atoms with van der Waals surface area (Å²) in [5.74, 6) is 0. The van der Waals surface area contributed by atoms with Crippen molar-refractivity contribution in [3.05, 3.63) is 0 Å². The first-order valence-electron chi connectivity index (χ1n) is 5.08. The standard InChI is InChI=1S/C9H22N2O3S/c1-9(2,3)15(12,13)11-6-4-7-14-8-5-10/h11H,4-8,10H2,1-3H3. The van der Waals surface area contributed by atoms with Crippen molar-refractivity contribution in [2.45, 2.75) is 31.9 Å². The molecule has 0 rings (SSSR count). The Morgan fingerprint density at radius 2 is 1.87 bits per heavy atom. The molecular weight excluding hydrogens is 216 g/mol. The average Bonchev–Trinajstić information content (AvgIpc) is 2.09. The van der Waals surface area contributed by atoms with E-state index in [9.17, 15) is 8.42 Å². The molecule has 92 valence electrons. The van der Waals surface area contributed by atoms with Crippen LogP contribution in [0, 0.1) is 0 Å². The molecule has 0 aromatic rings. The highest BCUT2D eigenvalue weighted by Gasteiger charge is 2.27. The second kappa shape index (κ2) is 6.42. The van der Waals surface area contributed by atoms with Gasteiger partial charge in [0, 0.05) is 19.7 Å². The average molecular weight is 238 g/mol. The van der Waals surface area contributed by atoms with Crippen LogP contribution in [0.3, 0.4) is 0 Å². The van der Waals surface area contributed by atoms with Crippen LogP contribution >= 0.6 is 0 Å². The number of hydrogen-bond acceptors (Lipinski definition) is 4. The third-order valence-electron chi connectivity index (χ3n) is 1.83. The van der Waals surface area contributed by atoms with Crippen molar-refractivity contribution in [2.24, 2.45) is 5.73 Å². The molecule has 0 aromatic carbocycles. The van der Waals surface area contributed by atoms with E-state index in [4.69, 9.17) is 10.5 Å². The summed E-state index contributed by atoms with van der Waals surface area (Å²) >= 11 is 0. The zero-order valence-electron chi connectivity index (χ0n) is 9.75. The number of hydrogen-bond donors (Lipinski definition) is 2. The molecule has 15 heavy (non-hydrogen) atoms. The third-order valence-corrected chi connectivity index (χ3v) is 4.02. The molecule has 0 heterocycles. The van der Waals surface area contributed by atoms with Crippen LogP contribution in [0.2, 0.25) is 0 Å². The first-order chi connectivity index (χ1) is 6.81. The molecule has 0 bridgehead atoms. The molecule has 0 aromatic heterocycles. The van der Waals surface area contributed by atoms with E-state index in [1.807, 2.05) is 0 Å². The second-order valence-corrected chi connectivity index (χ2v) is 6.79. The molecule has 0 aliphatic heterocycles. The van der Waals surface area contributed by atoms with E-state index in [2.05, 4.69) is 4.72 Å². The maximum atomic E-state index is 11.6. The lowest BCUT2D eigenvalue weighted by atomic mass is 10.3. The van der Waals surface area contributed by atoms with E-state index >= 15 is 0 Å². The summed E-state index contributed by atoms with van der Waals surface area (Å²) in [6, 6.07) is 0.